The second-order valence-corrected chi connectivity index (χ2v) is 7.42. The Hall–Kier alpha value is -1.43. The third-order valence-corrected chi connectivity index (χ3v) is 5.32. The molecule has 2 saturated heterocycles. The van der Waals surface area contributed by atoms with E-state index >= 15 is 0 Å². The minimum absolute atomic E-state index is 0.349. The van der Waals surface area contributed by atoms with Crippen molar-refractivity contribution in [2.45, 2.75) is 51.5 Å². The van der Waals surface area contributed by atoms with Crippen molar-refractivity contribution < 1.29 is 4.74 Å². The lowest BCUT2D eigenvalue weighted by Crippen LogP contribution is -2.50. The Kier molecular flexibility index (Phi) is 4.57. The molecular weight excluding hydrogens is 300 g/mol. The molecule has 5 nitrogen and oxygen atoms in total. The number of nitrogens with zero attached hydrogens (tertiary/aromatic N) is 4. The van der Waals surface area contributed by atoms with Gasteiger partial charge in [0.1, 0.15) is 5.65 Å². The number of rotatable bonds is 4. The average Bonchev–Trinajstić information content (AvgIpc) is 3.15. The molecule has 0 aromatic carbocycles. The summed E-state index contributed by atoms with van der Waals surface area (Å²) < 4.78 is 8.09. The van der Waals surface area contributed by atoms with Gasteiger partial charge in [-0.3, -0.25) is 9.80 Å². The highest BCUT2D eigenvalue weighted by atomic mass is 16.5. The molecule has 3 atom stereocenters. The van der Waals surface area contributed by atoms with Gasteiger partial charge in [-0.15, -0.1) is 0 Å². The van der Waals surface area contributed by atoms with Gasteiger partial charge in [0.2, 0.25) is 0 Å². The van der Waals surface area contributed by atoms with Crippen molar-refractivity contribution in [3.8, 4) is 0 Å². The summed E-state index contributed by atoms with van der Waals surface area (Å²) in [5.41, 5.74) is 2.33. The molecule has 0 spiro atoms. The summed E-state index contributed by atoms with van der Waals surface area (Å²) in [5, 5.41) is 0. The van der Waals surface area contributed by atoms with Crippen molar-refractivity contribution in [1.29, 1.82) is 0 Å². The lowest BCUT2D eigenvalue weighted by molar-refractivity contribution is -0.0724. The first-order chi connectivity index (χ1) is 11.7. The maximum atomic E-state index is 5.87. The molecule has 5 heteroatoms. The van der Waals surface area contributed by atoms with Gasteiger partial charge in [-0.1, -0.05) is 6.07 Å². The van der Waals surface area contributed by atoms with E-state index in [9.17, 15) is 0 Å². The van der Waals surface area contributed by atoms with E-state index < -0.39 is 0 Å². The molecule has 0 aliphatic carbocycles. The van der Waals surface area contributed by atoms with E-state index in [1.54, 1.807) is 0 Å². The third kappa shape index (κ3) is 3.34. The molecule has 130 valence electrons. The van der Waals surface area contributed by atoms with Gasteiger partial charge in [-0.25, -0.2) is 4.98 Å². The van der Waals surface area contributed by atoms with E-state index in [0.29, 0.717) is 18.2 Å². The number of aromatic nitrogens is 2. The van der Waals surface area contributed by atoms with Gasteiger partial charge in [-0.2, -0.15) is 0 Å². The lowest BCUT2D eigenvalue weighted by atomic mass is 10.1. The quantitative estimate of drug-likeness (QED) is 0.863. The Morgan fingerprint density at radius 2 is 2.04 bits per heavy atom. The van der Waals surface area contributed by atoms with Crippen molar-refractivity contribution >= 4 is 5.65 Å². The number of likely N-dealkylation sites (tertiary alicyclic amines) is 1. The number of pyridine rings is 1. The van der Waals surface area contributed by atoms with Crippen LogP contribution in [0.25, 0.3) is 5.65 Å². The number of ether oxygens (including phenoxy) is 1. The molecule has 4 rings (SSSR count). The van der Waals surface area contributed by atoms with Gasteiger partial charge in [0.25, 0.3) is 0 Å². The predicted molar refractivity (Wildman–Crippen MR) is 95.1 cm³/mol. The number of hydrogen-bond donors (Lipinski definition) is 0. The first-order valence-electron chi connectivity index (χ1n) is 9.22. The van der Waals surface area contributed by atoms with Crippen LogP contribution in [-0.2, 0) is 11.3 Å². The predicted octanol–water partition coefficient (Wildman–Crippen LogP) is 2.41. The van der Waals surface area contributed by atoms with Crippen LogP contribution in [0.15, 0.2) is 30.6 Å². The Bertz CT molecular complexity index is 675. The van der Waals surface area contributed by atoms with Gasteiger partial charge >= 0.3 is 0 Å². The topological polar surface area (TPSA) is 33.0 Å². The average molecular weight is 328 g/mol. The molecule has 2 aromatic rings. The molecule has 0 radical (unpaired) electrons. The highest BCUT2D eigenvalue weighted by Crippen LogP contribution is 2.23. The summed E-state index contributed by atoms with van der Waals surface area (Å²) in [5.74, 6) is 0. The zero-order valence-corrected chi connectivity index (χ0v) is 14.8. The van der Waals surface area contributed by atoms with Crippen LogP contribution in [-0.4, -0.2) is 63.6 Å². The number of hydrogen-bond acceptors (Lipinski definition) is 4. The molecule has 24 heavy (non-hydrogen) atoms. The maximum Gasteiger partial charge on any atom is 0.136 e. The largest absolute Gasteiger partial charge is 0.373 e. The van der Waals surface area contributed by atoms with E-state index in [1.165, 1.54) is 25.1 Å². The molecule has 0 bridgehead atoms. The van der Waals surface area contributed by atoms with Gasteiger partial charge in [0, 0.05) is 38.4 Å². The number of imidazole rings is 1. The van der Waals surface area contributed by atoms with Crippen LogP contribution in [0, 0.1) is 0 Å². The van der Waals surface area contributed by atoms with Crippen LogP contribution >= 0.6 is 0 Å². The van der Waals surface area contributed by atoms with Crippen LogP contribution < -0.4 is 0 Å². The SMILES string of the molecule is C[C@@H]1CN(C[C@@H]2CCCN2Cc2cnc3ccccn23)C[C@H](C)O1. The number of fused-ring (bicyclic) bond motifs is 1. The zero-order valence-electron chi connectivity index (χ0n) is 14.8. The molecule has 0 unspecified atom stereocenters. The lowest BCUT2D eigenvalue weighted by Gasteiger charge is -2.38. The van der Waals surface area contributed by atoms with Crippen LogP contribution in [0.2, 0.25) is 0 Å². The second kappa shape index (κ2) is 6.82. The summed E-state index contributed by atoms with van der Waals surface area (Å²) in [7, 11) is 0. The molecule has 2 aromatic heterocycles. The summed E-state index contributed by atoms with van der Waals surface area (Å²) in [6.45, 7) is 9.84. The molecule has 4 heterocycles. The van der Waals surface area contributed by atoms with Crippen molar-refractivity contribution in [1.82, 2.24) is 19.2 Å². The fourth-order valence-corrected chi connectivity index (χ4v) is 4.35. The molecule has 2 fully saturated rings. The van der Waals surface area contributed by atoms with Crippen LogP contribution in [0.1, 0.15) is 32.4 Å². The van der Waals surface area contributed by atoms with Gasteiger partial charge in [0.05, 0.1) is 24.1 Å². The van der Waals surface area contributed by atoms with E-state index in [1.807, 2.05) is 12.3 Å². The summed E-state index contributed by atoms with van der Waals surface area (Å²) in [6, 6.07) is 6.85. The van der Waals surface area contributed by atoms with Crippen molar-refractivity contribution in [2.75, 3.05) is 26.2 Å². The fourth-order valence-electron chi connectivity index (χ4n) is 4.35. The third-order valence-electron chi connectivity index (χ3n) is 5.32. The molecule has 0 amide bonds. The minimum Gasteiger partial charge on any atom is -0.373 e. The maximum absolute atomic E-state index is 5.87. The normalized spacial score (nSPS) is 29.5. The van der Waals surface area contributed by atoms with E-state index in [0.717, 1.165) is 31.8 Å². The van der Waals surface area contributed by atoms with Gasteiger partial charge < -0.3 is 9.14 Å². The first-order valence-corrected chi connectivity index (χ1v) is 9.22. The Balaban J connectivity index is 1.43. The van der Waals surface area contributed by atoms with Crippen molar-refractivity contribution in [2.24, 2.45) is 0 Å². The van der Waals surface area contributed by atoms with Crippen LogP contribution in [0.5, 0.6) is 0 Å². The molecule has 2 aliphatic rings. The Morgan fingerprint density at radius 3 is 2.88 bits per heavy atom. The molecule has 0 saturated carbocycles. The van der Waals surface area contributed by atoms with Crippen molar-refractivity contribution in [3.05, 3.63) is 36.3 Å². The Labute approximate surface area is 144 Å². The molecule has 2 aliphatic heterocycles. The minimum atomic E-state index is 0.349. The summed E-state index contributed by atoms with van der Waals surface area (Å²) >= 11 is 0. The van der Waals surface area contributed by atoms with Crippen molar-refractivity contribution in [3.63, 3.8) is 0 Å². The van der Waals surface area contributed by atoms with E-state index in [-0.39, 0.29) is 0 Å². The van der Waals surface area contributed by atoms with Crippen LogP contribution in [0.4, 0.5) is 0 Å². The second-order valence-electron chi connectivity index (χ2n) is 7.42. The van der Waals surface area contributed by atoms with E-state index in [2.05, 4.69) is 51.4 Å². The zero-order chi connectivity index (χ0) is 16.5. The van der Waals surface area contributed by atoms with Gasteiger partial charge in [0.15, 0.2) is 0 Å². The highest BCUT2D eigenvalue weighted by Gasteiger charge is 2.30. The molecule has 0 N–H and O–H groups in total. The summed E-state index contributed by atoms with van der Waals surface area (Å²) in [6.07, 6.45) is 7.45. The van der Waals surface area contributed by atoms with Crippen LogP contribution in [0.3, 0.4) is 0 Å². The van der Waals surface area contributed by atoms with E-state index in [4.69, 9.17) is 4.74 Å². The number of morpholine rings is 1. The highest BCUT2D eigenvalue weighted by molar-refractivity contribution is 5.39. The first kappa shape index (κ1) is 16.1. The standard InChI is InChI=1S/C19H28N4O/c1-15-11-21(12-16(2)24-15)13-17-6-5-8-22(17)14-18-10-20-19-7-3-4-9-23(18)19/h3-4,7,9-10,15-17H,5-6,8,11-14H2,1-2H3/t15-,16+,17-/m0/s1. The van der Waals surface area contributed by atoms with Gasteiger partial charge in [-0.05, 0) is 45.4 Å². The Morgan fingerprint density at radius 1 is 1.21 bits per heavy atom. The summed E-state index contributed by atoms with van der Waals surface area (Å²) in [4.78, 5) is 9.76. The fraction of sp³-hybridized carbons (Fsp3) is 0.632. The monoisotopic (exact) mass is 328 g/mol. The smallest absolute Gasteiger partial charge is 0.136 e. The molecular formula is C19H28N4O.